The summed E-state index contributed by atoms with van der Waals surface area (Å²) < 4.78 is 0. The molecule has 0 unspecified atom stereocenters. The van der Waals surface area contributed by atoms with Gasteiger partial charge in [0.25, 0.3) is 0 Å². The van der Waals surface area contributed by atoms with Gasteiger partial charge in [0.05, 0.1) is 6.54 Å². The molecule has 0 fully saturated rings. The molecule has 5 nitrogen and oxygen atoms in total. The van der Waals surface area contributed by atoms with E-state index >= 15 is 0 Å². The average Bonchev–Trinajstić information content (AvgIpc) is 2.58. The minimum Gasteiger partial charge on any atom is -0.366 e. The molecular weight excluding hydrogens is 324 g/mol. The molecule has 1 amide bonds. The van der Waals surface area contributed by atoms with Gasteiger partial charge < -0.3 is 16.4 Å². The molecule has 126 valence electrons. The Labute approximate surface area is 146 Å². The summed E-state index contributed by atoms with van der Waals surface area (Å²) in [6, 6.07) is 14.8. The highest BCUT2D eigenvalue weighted by molar-refractivity contribution is 6.30. The molecule has 0 spiro atoms. The molecule has 2 aromatic rings. The third-order valence-electron chi connectivity index (χ3n) is 3.35. The largest absolute Gasteiger partial charge is 0.366 e. The van der Waals surface area contributed by atoms with Crippen LogP contribution in [0.4, 0.5) is 0 Å². The summed E-state index contributed by atoms with van der Waals surface area (Å²) in [4.78, 5) is 15.6. The molecule has 2 aromatic carbocycles. The number of primary amides is 1. The van der Waals surface area contributed by atoms with Gasteiger partial charge in [0.1, 0.15) is 0 Å². The van der Waals surface area contributed by atoms with Crippen molar-refractivity contribution in [3.8, 4) is 0 Å². The van der Waals surface area contributed by atoms with Gasteiger partial charge in [-0.3, -0.25) is 4.79 Å². The third kappa shape index (κ3) is 5.59. The quantitative estimate of drug-likeness (QED) is 0.557. The molecule has 4 N–H and O–H groups in total. The first-order valence-corrected chi connectivity index (χ1v) is 8.11. The SMILES string of the molecule is CCNC(=NCc1cccc(Cl)c1)NCc1ccc(C(N)=O)cc1. The number of aliphatic imine (C=N–C) groups is 1. The number of benzene rings is 2. The number of nitrogens with two attached hydrogens (primary N) is 1. The number of guanidine groups is 1. The first-order chi connectivity index (χ1) is 11.6. The number of halogens is 1. The lowest BCUT2D eigenvalue weighted by atomic mass is 10.1. The molecule has 0 atom stereocenters. The lowest BCUT2D eigenvalue weighted by Gasteiger charge is -2.11. The average molecular weight is 345 g/mol. The van der Waals surface area contributed by atoms with Crippen molar-refractivity contribution in [2.45, 2.75) is 20.0 Å². The van der Waals surface area contributed by atoms with E-state index in [9.17, 15) is 4.79 Å². The van der Waals surface area contributed by atoms with Crippen LogP contribution in [-0.4, -0.2) is 18.4 Å². The number of rotatable bonds is 6. The molecule has 0 heterocycles. The van der Waals surface area contributed by atoms with Gasteiger partial charge in [-0.25, -0.2) is 4.99 Å². The van der Waals surface area contributed by atoms with Crippen LogP contribution in [0, 0.1) is 0 Å². The van der Waals surface area contributed by atoms with Gasteiger partial charge >= 0.3 is 0 Å². The van der Waals surface area contributed by atoms with Crippen molar-refractivity contribution in [2.75, 3.05) is 6.54 Å². The summed E-state index contributed by atoms with van der Waals surface area (Å²) in [7, 11) is 0. The number of carbonyl (C=O) groups excluding carboxylic acids is 1. The van der Waals surface area contributed by atoms with Crippen LogP contribution >= 0.6 is 11.6 Å². The number of carbonyl (C=O) groups is 1. The second kappa shape index (κ2) is 8.93. The minimum atomic E-state index is -0.425. The summed E-state index contributed by atoms with van der Waals surface area (Å²) >= 11 is 5.98. The van der Waals surface area contributed by atoms with Crippen molar-refractivity contribution in [1.29, 1.82) is 0 Å². The molecule has 6 heteroatoms. The Balaban J connectivity index is 1.97. The molecule has 0 saturated carbocycles. The molecule has 0 aliphatic rings. The molecule has 0 radical (unpaired) electrons. The monoisotopic (exact) mass is 344 g/mol. The Kier molecular flexibility index (Phi) is 6.63. The van der Waals surface area contributed by atoms with Crippen LogP contribution in [0.25, 0.3) is 0 Å². The van der Waals surface area contributed by atoms with Crippen LogP contribution in [0.1, 0.15) is 28.4 Å². The first kappa shape index (κ1) is 17.8. The number of hydrogen-bond acceptors (Lipinski definition) is 2. The van der Waals surface area contributed by atoms with Gasteiger partial charge in [0.2, 0.25) is 5.91 Å². The summed E-state index contributed by atoms with van der Waals surface area (Å²) in [5.74, 6) is 0.294. The Hall–Kier alpha value is -2.53. The van der Waals surface area contributed by atoms with Crippen molar-refractivity contribution in [1.82, 2.24) is 10.6 Å². The second-order valence-electron chi connectivity index (χ2n) is 5.24. The minimum absolute atomic E-state index is 0.425. The summed E-state index contributed by atoms with van der Waals surface area (Å²) in [5, 5.41) is 7.16. The van der Waals surface area contributed by atoms with Crippen LogP contribution in [0.2, 0.25) is 5.02 Å². The summed E-state index contributed by atoms with van der Waals surface area (Å²) in [6.07, 6.45) is 0. The number of hydrogen-bond donors (Lipinski definition) is 3. The molecule has 0 bridgehead atoms. The molecule has 0 aliphatic carbocycles. The lowest BCUT2D eigenvalue weighted by Crippen LogP contribution is -2.36. The van der Waals surface area contributed by atoms with Crippen LogP contribution < -0.4 is 16.4 Å². The van der Waals surface area contributed by atoms with E-state index in [1.54, 1.807) is 12.1 Å². The zero-order valence-corrected chi connectivity index (χ0v) is 14.3. The highest BCUT2D eigenvalue weighted by Gasteiger charge is 2.02. The van der Waals surface area contributed by atoms with Gasteiger partial charge in [-0.2, -0.15) is 0 Å². The van der Waals surface area contributed by atoms with E-state index in [0.717, 1.165) is 23.6 Å². The topological polar surface area (TPSA) is 79.5 Å². The van der Waals surface area contributed by atoms with Gasteiger partial charge in [-0.15, -0.1) is 0 Å². The van der Waals surface area contributed by atoms with Crippen molar-refractivity contribution >= 4 is 23.5 Å². The summed E-state index contributed by atoms with van der Waals surface area (Å²) in [5.41, 5.74) is 7.82. The van der Waals surface area contributed by atoms with Crippen molar-refractivity contribution < 1.29 is 4.79 Å². The van der Waals surface area contributed by atoms with Crippen molar-refractivity contribution in [3.05, 3.63) is 70.2 Å². The first-order valence-electron chi connectivity index (χ1n) is 7.74. The van der Waals surface area contributed by atoms with Crippen molar-refractivity contribution in [3.63, 3.8) is 0 Å². The van der Waals surface area contributed by atoms with E-state index in [2.05, 4.69) is 15.6 Å². The summed E-state index contributed by atoms with van der Waals surface area (Å²) in [6.45, 7) is 3.91. The zero-order valence-electron chi connectivity index (χ0n) is 13.6. The normalized spacial score (nSPS) is 11.2. The van der Waals surface area contributed by atoms with Crippen LogP contribution in [0.5, 0.6) is 0 Å². The fourth-order valence-electron chi connectivity index (χ4n) is 2.12. The van der Waals surface area contributed by atoms with E-state index in [-0.39, 0.29) is 0 Å². The highest BCUT2D eigenvalue weighted by atomic mass is 35.5. The maximum absolute atomic E-state index is 11.1. The molecule has 0 aromatic heterocycles. The van der Waals surface area contributed by atoms with Gasteiger partial charge in [-0.1, -0.05) is 35.9 Å². The predicted molar refractivity (Wildman–Crippen MR) is 98.1 cm³/mol. The van der Waals surface area contributed by atoms with E-state index in [1.807, 2.05) is 43.3 Å². The third-order valence-corrected chi connectivity index (χ3v) is 3.59. The van der Waals surface area contributed by atoms with Crippen LogP contribution in [-0.2, 0) is 13.1 Å². The smallest absolute Gasteiger partial charge is 0.248 e. The highest BCUT2D eigenvalue weighted by Crippen LogP contribution is 2.11. The molecule has 0 aliphatic heterocycles. The van der Waals surface area contributed by atoms with E-state index < -0.39 is 5.91 Å². The van der Waals surface area contributed by atoms with E-state index in [4.69, 9.17) is 17.3 Å². The Morgan fingerprint density at radius 1 is 1.12 bits per heavy atom. The standard InChI is InChI=1S/C18H21ClN4O/c1-2-21-18(23-12-14-4-3-5-16(19)10-14)22-11-13-6-8-15(9-7-13)17(20)24/h3-10H,2,11-12H2,1H3,(H2,20,24)(H2,21,22,23). The van der Waals surface area contributed by atoms with Gasteiger partial charge in [0, 0.05) is 23.7 Å². The van der Waals surface area contributed by atoms with Gasteiger partial charge in [-0.05, 0) is 42.3 Å². The van der Waals surface area contributed by atoms with Crippen LogP contribution in [0.3, 0.4) is 0 Å². The predicted octanol–water partition coefficient (Wildman–Crippen LogP) is 2.69. The fraction of sp³-hybridized carbons (Fsp3) is 0.222. The van der Waals surface area contributed by atoms with Crippen LogP contribution in [0.15, 0.2) is 53.5 Å². The second-order valence-corrected chi connectivity index (χ2v) is 5.68. The number of nitrogens with zero attached hydrogens (tertiary/aromatic N) is 1. The zero-order chi connectivity index (χ0) is 17.4. The lowest BCUT2D eigenvalue weighted by molar-refractivity contribution is 0.100. The maximum Gasteiger partial charge on any atom is 0.248 e. The van der Waals surface area contributed by atoms with E-state index in [1.165, 1.54) is 0 Å². The Morgan fingerprint density at radius 2 is 1.88 bits per heavy atom. The number of nitrogens with one attached hydrogen (secondary N) is 2. The molecule has 24 heavy (non-hydrogen) atoms. The van der Waals surface area contributed by atoms with Gasteiger partial charge in [0.15, 0.2) is 5.96 Å². The van der Waals surface area contributed by atoms with E-state index in [0.29, 0.717) is 23.7 Å². The molecular formula is C18H21ClN4O. The molecule has 0 saturated heterocycles. The molecule has 2 rings (SSSR count). The van der Waals surface area contributed by atoms with Crippen molar-refractivity contribution in [2.24, 2.45) is 10.7 Å². The Bertz CT molecular complexity index is 713. The fourth-order valence-corrected chi connectivity index (χ4v) is 2.33. The maximum atomic E-state index is 11.1. The number of amides is 1. The Morgan fingerprint density at radius 3 is 2.50 bits per heavy atom.